The Morgan fingerprint density at radius 1 is 1.31 bits per heavy atom. The first-order valence-corrected chi connectivity index (χ1v) is 5.84. The van der Waals surface area contributed by atoms with Crippen molar-refractivity contribution in [3.63, 3.8) is 0 Å². The van der Waals surface area contributed by atoms with E-state index < -0.39 is 4.92 Å². The summed E-state index contributed by atoms with van der Waals surface area (Å²) < 4.78 is 0. The van der Waals surface area contributed by atoms with E-state index in [1.165, 1.54) is 12.1 Å². The summed E-state index contributed by atoms with van der Waals surface area (Å²) in [6, 6.07) is 6.47. The molecule has 1 heterocycles. The molecule has 0 spiro atoms. The molecular formula is C11H10N2O2S. The number of benzene rings is 1. The average Bonchev–Trinajstić information content (AvgIpc) is 2.80. The van der Waals surface area contributed by atoms with Crippen LogP contribution in [0.2, 0.25) is 0 Å². The summed E-state index contributed by atoms with van der Waals surface area (Å²) in [6.45, 7) is 0.880. The van der Waals surface area contributed by atoms with Crippen LogP contribution in [-0.2, 0) is 0 Å². The first-order chi connectivity index (χ1) is 7.75. The minimum atomic E-state index is -0.398. The third-order valence-corrected chi connectivity index (χ3v) is 3.08. The fourth-order valence-corrected chi connectivity index (χ4v) is 2.07. The van der Waals surface area contributed by atoms with Gasteiger partial charge in [-0.2, -0.15) is 0 Å². The van der Waals surface area contributed by atoms with Crippen molar-refractivity contribution < 1.29 is 4.92 Å². The first kappa shape index (κ1) is 10.9. The molecule has 16 heavy (non-hydrogen) atoms. The number of aliphatic imine (C=N–C) groups is 1. The number of rotatable bonds is 3. The molecule has 0 aliphatic carbocycles. The van der Waals surface area contributed by atoms with E-state index >= 15 is 0 Å². The van der Waals surface area contributed by atoms with Gasteiger partial charge in [0.05, 0.1) is 9.97 Å². The molecule has 0 aromatic heterocycles. The van der Waals surface area contributed by atoms with E-state index in [2.05, 4.69) is 4.99 Å². The molecule has 0 fully saturated rings. The standard InChI is InChI=1S/C11H10N2O2S/c14-13(15)10-4-1-9(2-5-10)3-6-11-12-7-8-16-11/h1-6H,7-8H2. The quantitative estimate of drug-likeness (QED) is 0.597. The number of nitrogens with zero attached hydrogens (tertiary/aromatic N) is 2. The van der Waals surface area contributed by atoms with Gasteiger partial charge in [-0.1, -0.05) is 6.08 Å². The highest BCUT2D eigenvalue weighted by Gasteiger charge is 2.04. The maximum atomic E-state index is 10.4. The predicted octanol–water partition coefficient (Wildman–Crippen LogP) is 2.75. The molecule has 1 aliphatic heterocycles. The van der Waals surface area contributed by atoms with E-state index in [0.29, 0.717) is 0 Å². The zero-order valence-corrected chi connectivity index (χ0v) is 9.31. The van der Waals surface area contributed by atoms with Crippen molar-refractivity contribution in [2.75, 3.05) is 12.3 Å². The molecule has 0 bridgehead atoms. The van der Waals surface area contributed by atoms with Crippen molar-refractivity contribution in [1.82, 2.24) is 0 Å². The van der Waals surface area contributed by atoms with Crippen LogP contribution in [0, 0.1) is 10.1 Å². The van der Waals surface area contributed by atoms with Crippen LogP contribution >= 0.6 is 11.8 Å². The Bertz CT molecular complexity index is 452. The molecule has 2 rings (SSSR count). The van der Waals surface area contributed by atoms with E-state index in [9.17, 15) is 10.1 Å². The number of thioether (sulfide) groups is 1. The molecule has 0 N–H and O–H groups in total. The zero-order chi connectivity index (χ0) is 11.4. The Labute approximate surface area is 97.2 Å². The summed E-state index contributed by atoms with van der Waals surface area (Å²) in [5, 5.41) is 11.5. The van der Waals surface area contributed by atoms with Crippen LogP contribution < -0.4 is 0 Å². The molecule has 0 unspecified atom stereocenters. The lowest BCUT2D eigenvalue weighted by atomic mass is 10.2. The van der Waals surface area contributed by atoms with Gasteiger partial charge in [0, 0.05) is 24.4 Å². The van der Waals surface area contributed by atoms with Gasteiger partial charge in [-0.05, 0) is 23.8 Å². The lowest BCUT2D eigenvalue weighted by Crippen LogP contribution is -1.86. The second kappa shape index (κ2) is 4.94. The van der Waals surface area contributed by atoms with Gasteiger partial charge in [-0.3, -0.25) is 15.1 Å². The predicted molar refractivity (Wildman–Crippen MR) is 66.9 cm³/mol. The molecule has 82 valence electrons. The van der Waals surface area contributed by atoms with E-state index in [4.69, 9.17) is 0 Å². The van der Waals surface area contributed by atoms with Crippen molar-refractivity contribution in [2.45, 2.75) is 0 Å². The van der Waals surface area contributed by atoms with Gasteiger partial charge in [0.15, 0.2) is 0 Å². The van der Waals surface area contributed by atoms with Crippen molar-refractivity contribution in [3.8, 4) is 0 Å². The monoisotopic (exact) mass is 234 g/mol. The summed E-state index contributed by atoms with van der Waals surface area (Å²) in [5.41, 5.74) is 1.06. The van der Waals surface area contributed by atoms with Gasteiger partial charge in [-0.25, -0.2) is 0 Å². The second-order valence-electron chi connectivity index (χ2n) is 3.25. The lowest BCUT2D eigenvalue weighted by Gasteiger charge is -1.93. The van der Waals surface area contributed by atoms with Gasteiger partial charge < -0.3 is 0 Å². The summed E-state index contributed by atoms with van der Waals surface area (Å²) in [7, 11) is 0. The molecule has 0 radical (unpaired) electrons. The fraction of sp³-hybridized carbons (Fsp3) is 0.182. The van der Waals surface area contributed by atoms with Crippen LogP contribution in [-0.4, -0.2) is 22.3 Å². The van der Waals surface area contributed by atoms with Crippen molar-refractivity contribution in [3.05, 3.63) is 46.0 Å². The zero-order valence-electron chi connectivity index (χ0n) is 8.50. The molecule has 0 amide bonds. The average molecular weight is 234 g/mol. The van der Waals surface area contributed by atoms with Crippen molar-refractivity contribution in [2.24, 2.45) is 4.99 Å². The fourth-order valence-electron chi connectivity index (χ4n) is 1.33. The first-order valence-electron chi connectivity index (χ1n) is 4.85. The van der Waals surface area contributed by atoms with Crippen molar-refractivity contribution >= 4 is 28.6 Å². The van der Waals surface area contributed by atoms with E-state index in [0.717, 1.165) is 22.9 Å². The molecule has 1 aromatic rings. The van der Waals surface area contributed by atoms with E-state index in [1.807, 2.05) is 12.2 Å². The molecule has 0 saturated heterocycles. The number of nitro groups is 1. The van der Waals surface area contributed by atoms with Crippen LogP contribution in [0.3, 0.4) is 0 Å². The highest BCUT2D eigenvalue weighted by atomic mass is 32.2. The summed E-state index contributed by atoms with van der Waals surface area (Å²) in [4.78, 5) is 14.3. The molecule has 1 aliphatic rings. The Balaban J connectivity index is 2.07. The van der Waals surface area contributed by atoms with Crippen molar-refractivity contribution in [1.29, 1.82) is 0 Å². The van der Waals surface area contributed by atoms with E-state index in [1.54, 1.807) is 23.9 Å². The Morgan fingerprint density at radius 3 is 2.62 bits per heavy atom. The van der Waals surface area contributed by atoms with Crippen LogP contribution in [0.25, 0.3) is 6.08 Å². The number of non-ortho nitro benzene ring substituents is 1. The van der Waals surface area contributed by atoms with Gasteiger partial charge in [0.25, 0.3) is 5.69 Å². The van der Waals surface area contributed by atoms with Gasteiger partial charge >= 0.3 is 0 Å². The second-order valence-corrected chi connectivity index (χ2v) is 4.37. The molecule has 1 aromatic carbocycles. The van der Waals surface area contributed by atoms with Crippen LogP contribution in [0.1, 0.15) is 5.56 Å². The highest BCUT2D eigenvalue weighted by molar-refractivity contribution is 8.14. The smallest absolute Gasteiger partial charge is 0.269 e. The van der Waals surface area contributed by atoms with Crippen LogP contribution in [0.5, 0.6) is 0 Å². The normalized spacial score (nSPS) is 15.4. The largest absolute Gasteiger partial charge is 0.278 e. The Hall–Kier alpha value is -1.62. The Kier molecular flexibility index (Phi) is 3.36. The Morgan fingerprint density at radius 2 is 2.06 bits per heavy atom. The summed E-state index contributed by atoms with van der Waals surface area (Å²) in [5.74, 6) is 1.04. The minimum Gasteiger partial charge on any atom is -0.278 e. The van der Waals surface area contributed by atoms with E-state index in [-0.39, 0.29) is 5.69 Å². The third kappa shape index (κ3) is 2.70. The van der Waals surface area contributed by atoms with Gasteiger partial charge in [-0.15, -0.1) is 11.8 Å². The molecule has 5 heteroatoms. The van der Waals surface area contributed by atoms with Crippen LogP contribution in [0.4, 0.5) is 5.69 Å². The third-order valence-electron chi connectivity index (χ3n) is 2.13. The maximum absolute atomic E-state index is 10.4. The van der Waals surface area contributed by atoms with Crippen LogP contribution in [0.15, 0.2) is 35.3 Å². The van der Waals surface area contributed by atoms with Gasteiger partial charge in [0.1, 0.15) is 0 Å². The number of hydrogen-bond donors (Lipinski definition) is 0. The number of nitro benzene ring substituents is 1. The molecule has 4 nitrogen and oxygen atoms in total. The highest BCUT2D eigenvalue weighted by Crippen LogP contribution is 2.16. The molecule has 0 saturated carbocycles. The topological polar surface area (TPSA) is 55.5 Å². The molecule has 0 atom stereocenters. The summed E-state index contributed by atoms with van der Waals surface area (Å²) >= 11 is 1.72. The summed E-state index contributed by atoms with van der Waals surface area (Å²) in [6.07, 6.45) is 3.86. The number of hydrogen-bond acceptors (Lipinski definition) is 4. The van der Waals surface area contributed by atoms with Gasteiger partial charge in [0.2, 0.25) is 0 Å². The molecular weight excluding hydrogens is 224 g/mol. The lowest BCUT2D eigenvalue weighted by molar-refractivity contribution is -0.384. The SMILES string of the molecule is O=[N+]([O-])c1ccc(C=CC2=NCCS2)cc1. The minimum absolute atomic E-state index is 0.115. The maximum Gasteiger partial charge on any atom is 0.269 e.